The summed E-state index contributed by atoms with van der Waals surface area (Å²) in [6.45, 7) is 9.46. The number of hydrogen-bond donors (Lipinski definition) is 2. The minimum Gasteiger partial charge on any atom is -0.374 e. The molecular weight excluding hydrogens is 815 g/mol. The number of piperazine rings is 1. The smallest absolute Gasteiger partial charge is 0.259 e. The Morgan fingerprint density at radius 1 is 0.902 bits per heavy atom. The fourth-order valence-corrected chi connectivity index (χ4v) is 9.48. The van der Waals surface area contributed by atoms with Crippen LogP contribution in [0.5, 0.6) is 0 Å². The molecule has 0 aromatic heterocycles. The first-order valence-corrected chi connectivity index (χ1v) is 21.3. The molecule has 1 atom stereocenters. The molecule has 8 rings (SSSR count). The quantitative estimate of drug-likeness (QED) is 0.137. The van der Waals surface area contributed by atoms with Crippen LogP contribution in [-0.4, -0.2) is 95.9 Å². The van der Waals surface area contributed by atoms with Crippen molar-refractivity contribution in [1.82, 2.24) is 15.1 Å². The number of nitrogens with zero attached hydrogens (tertiary/aromatic N) is 6. The van der Waals surface area contributed by atoms with Crippen molar-refractivity contribution in [3.8, 4) is 17.2 Å². The number of hydrogen-bond acceptors (Lipinski definition) is 9. The number of amides is 4. The van der Waals surface area contributed by atoms with Crippen LogP contribution in [0.15, 0.2) is 84.9 Å². The number of halogens is 2. The lowest BCUT2D eigenvalue weighted by Crippen LogP contribution is -2.49. The maximum atomic E-state index is 15.9. The van der Waals surface area contributed by atoms with Crippen LogP contribution in [0.3, 0.4) is 0 Å². The lowest BCUT2D eigenvalue weighted by atomic mass is 9.95. The van der Waals surface area contributed by atoms with Crippen molar-refractivity contribution in [3.63, 3.8) is 0 Å². The van der Waals surface area contributed by atoms with E-state index in [-0.39, 0.29) is 39.3 Å². The van der Waals surface area contributed by atoms with Crippen LogP contribution >= 0.6 is 23.8 Å². The highest BCUT2D eigenvalue weighted by atomic mass is 35.5. The van der Waals surface area contributed by atoms with Gasteiger partial charge in [0, 0.05) is 80.4 Å². The van der Waals surface area contributed by atoms with Gasteiger partial charge < -0.3 is 20.0 Å². The molecule has 4 amide bonds. The molecule has 1 unspecified atom stereocenters. The van der Waals surface area contributed by atoms with Gasteiger partial charge in [0.1, 0.15) is 23.5 Å². The Labute approximate surface area is 364 Å². The molecule has 0 bridgehead atoms. The molecule has 0 spiro atoms. The Kier molecular flexibility index (Phi) is 11.8. The van der Waals surface area contributed by atoms with E-state index in [2.05, 4.69) is 32.6 Å². The van der Waals surface area contributed by atoms with Crippen molar-refractivity contribution in [2.45, 2.75) is 51.1 Å². The standard InChI is InChI=1S/C46H46ClFN8O4S/c1-46(2)44(60)55(35-11-10-32(27-49)38(47)25-35)45(61)56(46)36-12-13-37(39(48)26-36)30-6-8-31(9-7-30)43(59)54-18-16-29(17-19-54)28-52-20-22-53(23-21-52)34-5-3-4-33(24-34)50-40-14-15-41(57)51-42(40)58/h3-13,24-26,29,40,50H,14-23,28H2,1-2H3,(H,51,57,58). The predicted molar refractivity (Wildman–Crippen MR) is 238 cm³/mol. The zero-order valence-electron chi connectivity index (χ0n) is 34.0. The lowest BCUT2D eigenvalue weighted by molar-refractivity contribution is -0.133. The summed E-state index contributed by atoms with van der Waals surface area (Å²) in [4.78, 5) is 60.7. The molecule has 4 saturated heterocycles. The SMILES string of the molecule is CC1(C)C(=O)N(c2ccc(C#N)c(Cl)c2)C(=S)N1c1ccc(-c2ccc(C(=O)N3CCC(CN4CCN(c5cccc(NC6CCC(=O)NC6=O)c5)CC4)CC3)cc2)c(F)c1. The molecule has 4 aliphatic heterocycles. The van der Waals surface area contributed by atoms with E-state index in [0.717, 1.165) is 56.9 Å². The summed E-state index contributed by atoms with van der Waals surface area (Å²) in [6, 6.07) is 26.1. The van der Waals surface area contributed by atoms with Gasteiger partial charge in [-0.3, -0.25) is 34.3 Å². The number of likely N-dealkylation sites (tertiary alicyclic amines) is 1. The van der Waals surface area contributed by atoms with E-state index < -0.39 is 17.4 Å². The van der Waals surface area contributed by atoms with Crippen LogP contribution in [0.1, 0.15) is 55.5 Å². The van der Waals surface area contributed by atoms with Gasteiger partial charge in [-0.05, 0) is 124 Å². The van der Waals surface area contributed by atoms with Crippen LogP contribution < -0.4 is 25.3 Å². The highest BCUT2D eigenvalue weighted by molar-refractivity contribution is 7.81. The van der Waals surface area contributed by atoms with E-state index in [1.54, 1.807) is 61.2 Å². The summed E-state index contributed by atoms with van der Waals surface area (Å²) in [5.41, 5.74) is 3.46. The second-order valence-electron chi connectivity index (χ2n) is 16.6. The summed E-state index contributed by atoms with van der Waals surface area (Å²) in [5.74, 6) is -0.858. The monoisotopic (exact) mass is 860 g/mol. The number of anilines is 4. The third kappa shape index (κ3) is 8.55. The molecule has 15 heteroatoms. The minimum absolute atomic E-state index is 0.0358. The lowest BCUT2D eigenvalue weighted by Gasteiger charge is -2.39. The Balaban J connectivity index is 0.825. The van der Waals surface area contributed by atoms with Crippen molar-refractivity contribution in [3.05, 3.63) is 107 Å². The van der Waals surface area contributed by atoms with E-state index >= 15 is 4.39 Å². The zero-order chi connectivity index (χ0) is 43.0. The maximum Gasteiger partial charge on any atom is 0.259 e. The van der Waals surface area contributed by atoms with Gasteiger partial charge in [0.2, 0.25) is 11.8 Å². The number of piperidine rings is 2. The average molecular weight is 861 g/mol. The molecule has 4 aromatic rings. The maximum absolute atomic E-state index is 15.9. The summed E-state index contributed by atoms with van der Waals surface area (Å²) >= 11 is 12.0. The largest absolute Gasteiger partial charge is 0.374 e. The minimum atomic E-state index is -1.13. The van der Waals surface area contributed by atoms with Gasteiger partial charge >= 0.3 is 0 Å². The molecule has 314 valence electrons. The Bertz CT molecular complexity index is 2440. The van der Waals surface area contributed by atoms with Crippen LogP contribution in [0.4, 0.5) is 27.1 Å². The molecule has 0 saturated carbocycles. The second kappa shape index (κ2) is 17.2. The Hall–Kier alpha value is -5.88. The fourth-order valence-electron chi connectivity index (χ4n) is 8.74. The molecule has 61 heavy (non-hydrogen) atoms. The van der Waals surface area contributed by atoms with Gasteiger partial charge in [-0.15, -0.1) is 0 Å². The third-order valence-corrected chi connectivity index (χ3v) is 12.9. The van der Waals surface area contributed by atoms with E-state index in [1.165, 1.54) is 23.1 Å². The highest BCUT2D eigenvalue weighted by Gasteiger charge is 2.50. The molecule has 4 heterocycles. The summed E-state index contributed by atoms with van der Waals surface area (Å²) in [5, 5.41) is 15.3. The first kappa shape index (κ1) is 41.8. The van der Waals surface area contributed by atoms with E-state index in [1.807, 2.05) is 23.1 Å². The average Bonchev–Trinajstić information content (AvgIpc) is 3.43. The van der Waals surface area contributed by atoms with Crippen molar-refractivity contribution in [2.24, 2.45) is 5.92 Å². The van der Waals surface area contributed by atoms with Crippen LogP contribution in [0.25, 0.3) is 11.1 Å². The summed E-state index contributed by atoms with van der Waals surface area (Å²) < 4.78 is 15.9. The van der Waals surface area contributed by atoms with E-state index in [0.29, 0.717) is 59.9 Å². The first-order valence-electron chi connectivity index (χ1n) is 20.6. The normalized spacial score (nSPS) is 19.9. The molecule has 0 radical (unpaired) electrons. The molecule has 2 N–H and O–H groups in total. The number of thiocarbonyl (C=S) groups is 1. The molecular formula is C46H46ClFN8O4S. The molecule has 12 nitrogen and oxygen atoms in total. The van der Waals surface area contributed by atoms with Crippen molar-refractivity contribution >= 4 is 75.3 Å². The molecule has 0 aliphatic carbocycles. The van der Waals surface area contributed by atoms with Gasteiger partial charge in [-0.2, -0.15) is 5.26 Å². The molecule has 4 aliphatic rings. The van der Waals surface area contributed by atoms with Gasteiger partial charge in [-0.25, -0.2) is 4.39 Å². The number of imide groups is 1. The highest BCUT2D eigenvalue weighted by Crippen LogP contribution is 2.39. The van der Waals surface area contributed by atoms with E-state index in [9.17, 15) is 24.4 Å². The third-order valence-electron chi connectivity index (χ3n) is 12.2. The van der Waals surface area contributed by atoms with Crippen LogP contribution in [0.2, 0.25) is 5.02 Å². The van der Waals surface area contributed by atoms with Gasteiger partial charge in [-0.1, -0.05) is 29.8 Å². The van der Waals surface area contributed by atoms with Gasteiger partial charge in [0.15, 0.2) is 5.11 Å². The van der Waals surface area contributed by atoms with Gasteiger partial charge in [0.05, 0.1) is 16.3 Å². The Morgan fingerprint density at radius 3 is 2.30 bits per heavy atom. The van der Waals surface area contributed by atoms with Crippen LogP contribution in [-0.2, 0) is 14.4 Å². The zero-order valence-corrected chi connectivity index (χ0v) is 35.6. The number of carbonyl (C=O) groups excluding carboxylic acids is 4. The first-order chi connectivity index (χ1) is 29.3. The van der Waals surface area contributed by atoms with Crippen molar-refractivity contribution in [1.29, 1.82) is 5.26 Å². The molecule has 4 fully saturated rings. The number of rotatable bonds is 9. The van der Waals surface area contributed by atoms with Gasteiger partial charge in [0.25, 0.3) is 11.8 Å². The van der Waals surface area contributed by atoms with E-state index in [4.69, 9.17) is 23.8 Å². The predicted octanol–water partition coefficient (Wildman–Crippen LogP) is 6.83. The van der Waals surface area contributed by atoms with Crippen molar-refractivity contribution < 1.29 is 23.6 Å². The summed E-state index contributed by atoms with van der Waals surface area (Å²) in [7, 11) is 0. The summed E-state index contributed by atoms with van der Waals surface area (Å²) in [6.07, 6.45) is 2.67. The fraction of sp³-hybridized carbons (Fsp3) is 0.348. The number of benzene rings is 4. The number of carbonyl (C=O) groups is 4. The van der Waals surface area contributed by atoms with Crippen LogP contribution in [0, 0.1) is 23.1 Å². The van der Waals surface area contributed by atoms with Crippen molar-refractivity contribution in [2.75, 3.05) is 65.8 Å². The molecule has 4 aromatic carbocycles. The second-order valence-corrected chi connectivity index (χ2v) is 17.3. The number of nitrogens with one attached hydrogen (secondary N) is 2. The number of nitriles is 1. The Morgan fingerprint density at radius 2 is 1.62 bits per heavy atom. The topological polar surface area (TPSA) is 132 Å².